The first-order valence-corrected chi connectivity index (χ1v) is 11.5. The van der Waals surface area contributed by atoms with Gasteiger partial charge in [0.25, 0.3) is 0 Å². The molecule has 3 aromatic carbocycles. The normalized spacial score (nSPS) is 12.2. The van der Waals surface area contributed by atoms with Crippen LogP contribution in [0, 0.1) is 5.82 Å². The maximum absolute atomic E-state index is 13.3. The zero-order chi connectivity index (χ0) is 24.5. The molecule has 1 heterocycles. The Morgan fingerprint density at radius 2 is 1.44 bits per heavy atom. The fourth-order valence-corrected chi connectivity index (χ4v) is 4.46. The summed E-state index contributed by atoms with van der Waals surface area (Å²) < 4.78 is 85.3. The van der Waals surface area contributed by atoms with Crippen molar-refractivity contribution in [1.29, 1.82) is 0 Å². The zero-order valence-corrected chi connectivity index (χ0v) is 18.2. The van der Waals surface area contributed by atoms with Crippen molar-refractivity contribution in [3.05, 3.63) is 111 Å². The van der Waals surface area contributed by atoms with Crippen molar-refractivity contribution in [3.63, 3.8) is 0 Å². The minimum Gasteiger partial charge on any atom is -0.423 e. The molecule has 0 saturated carbocycles. The van der Waals surface area contributed by atoms with E-state index in [9.17, 15) is 30.8 Å². The van der Waals surface area contributed by atoms with Gasteiger partial charge in [-0.15, -0.1) is 0 Å². The van der Waals surface area contributed by atoms with Gasteiger partial charge in [-0.2, -0.15) is 13.2 Å². The van der Waals surface area contributed by atoms with Gasteiger partial charge < -0.3 is 4.42 Å². The van der Waals surface area contributed by atoms with E-state index in [0.29, 0.717) is 22.8 Å². The molecule has 10 heteroatoms. The fourth-order valence-electron chi connectivity index (χ4n) is 3.44. The third-order valence-electron chi connectivity index (χ3n) is 5.13. The summed E-state index contributed by atoms with van der Waals surface area (Å²) in [6, 6.07) is 15.9. The summed E-state index contributed by atoms with van der Waals surface area (Å²) in [5.41, 5.74) is -0.546. The lowest BCUT2D eigenvalue weighted by Gasteiger charge is -2.11. The standard InChI is InChI=1S/C24H17F4NO4S/c25-18-6-1-16(2-7-18)14-29-34(31,32)19-8-3-15(4-9-19)11-17-5-10-22-20(12-17)21(24(26,27)28)13-23(30)33-22/h1-10,12-13,29H,11,14H2. The van der Waals surface area contributed by atoms with Crippen LogP contribution in [0.5, 0.6) is 0 Å². The van der Waals surface area contributed by atoms with Crippen LogP contribution in [0.4, 0.5) is 17.6 Å². The second kappa shape index (κ2) is 9.03. The number of alkyl halides is 3. The van der Waals surface area contributed by atoms with E-state index in [1.54, 1.807) is 18.2 Å². The van der Waals surface area contributed by atoms with Gasteiger partial charge in [0.05, 0.1) is 10.5 Å². The van der Waals surface area contributed by atoms with Gasteiger partial charge in [-0.1, -0.05) is 30.3 Å². The van der Waals surface area contributed by atoms with Crippen LogP contribution in [-0.2, 0) is 29.2 Å². The predicted molar refractivity (Wildman–Crippen MR) is 117 cm³/mol. The number of hydrogen-bond acceptors (Lipinski definition) is 4. The van der Waals surface area contributed by atoms with E-state index in [4.69, 9.17) is 4.42 Å². The molecular formula is C24H17F4NO4S. The number of benzene rings is 3. The van der Waals surface area contributed by atoms with Crippen molar-refractivity contribution in [2.45, 2.75) is 24.0 Å². The maximum atomic E-state index is 13.3. The summed E-state index contributed by atoms with van der Waals surface area (Å²) in [6.07, 6.45) is -4.49. The zero-order valence-electron chi connectivity index (χ0n) is 17.4. The van der Waals surface area contributed by atoms with Crippen LogP contribution >= 0.6 is 0 Å². The highest BCUT2D eigenvalue weighted by molar-refractivity contribution is 7.89. The van der Waals surface area contributed by atoms with Crippen LogP contribution < -0.4 is 10.3 Å². The Kier molecular flexibility index (Phi) is 6.28. The van der Waals surface area contributed by atoms with Gasteiger partial charge in [-0.3, -0.25) is 0 Å². The Morgan fingerprint density at radius 1 is 0.824 bits per heavy atom. The highest BCUT2D eigenvalue weighted by Crippen LogP contribution is 2.34. The van der Waals surface area contributed by atoms with E-state index in [-0.39, 0.29) is 28.8 Å². The van der Waals surface area contributed by atoms with E-state index in [2.05, 4.69) is 4.72 Å². The molecule has 4 rings (SSSR count). The summed E-state index contributed by atoms with van der Waals surface area (Å²) in [5.74, 6) is -0.423. The van der Waals surface area contributed by atoms with Gasteiger partial charge in [-0.05, 0) is 59.5 Å². The number of fused-ring (bicyclic) bond motifs is 1. The Morgan fingerprint density at radius 3 is 2.09 bits per heavy atom. The molecule has 5 nitrogen and oxygen atoms in total. The van der Waals surface area contributed by atoms with Crippen LogP contribution in [0.1, 0.15) is 22.3 Å². The topological polar surface area (TPSA) is 76.4 Å². The Labute approximate surface area is 191 Å². The van der Waals surface area contributed by atoms with Gasteiger partial charge in [0, 0.05) is 18.0 Å². The lowest BCUT2D eigenvalue weighted by Crippen LogP contribution is -2.23. The number of halogens is 4. The smallest absolute Gasteiger partial charge is 0.417 e. The molecule has 0 fully saturated rings. The van der Waals surface area contributed by atoms with E-state index in [0.717, 1.165) is 0 Å². The third-order valence-corrected chi connectivity index (χ3v) is 6.55. The fraction of sp³-hybridized carbons (Fsp3) is 0.125. The highest BCUT2D eigenvalue weighted by atomic mass is 32.2. The summed E-state index contributed by atoms with van der Waals surface area (Å²) in [5, 5.41) is -0.228. The largest absolute Gasteiger partial charge is 0.423 e. The van der Waals surface area contributed by atoms with Crippen molar-refractivity contribution in [3.8, 4) is 0 Å². The van der Waals surface area contributed by atoms with Crippen molar-refractivity contribution in [1.82, 2.24) is 4.72 Å². The van der Waals surface area contributed by atoms with Crippen LogP contribution in [0.15, 0.2) is 86.9 Å². The Hall–Kier alpha value is -3.50. The summed E-state index contributed by atoms with van der Waals surface area (Å²) in [7, 11) is -3.82. The molecule has 1 N–H and O–H groups in total. The molecule has 176 valence electrons. The van der Waals surface area contributed by atoms with E-state index < -0.39 is 33.2 Å². The molecule has 1 aromatic heterocycles. The Balaban J connectivity index is 1.52. The van der Waals surface area contributed by atoms with Crippen LogP contribution in [-0.4, -0.2) is 8.42 Å². The minimum atomic E-state index is -4.72. The molecule has 0 aliphatic carbocycles. The molecule has 4 aromatic rings. The van der Waals surface area contributed by atoms with Gasteiger partial charge in [0.1, 0.15) is 11.4 Å². The first kappa shape index (κ1) is 23.7. The molecule has 0 spiro atoms. The molecule has 0 aliphatic rings. The lowest BCUT2D eigenvalue weighted by molar-refractivity contribution is -0.136. The first-order valence-electron chi connectivity index (χ1n) is 9.98. The van der Waals surface area contributed by atoms with Crippen LogP contribution in [0.3, 0.4) is 0 Å². The van der Waals surface area contributed by atoms with Crippen molar-refractivity contribution in [2.24, 2.45) is 0 Å². The number of rotatable bonds is 6. The van der Waals surface area contributed by atoms with E-state index in [1.165, 1.54) is 48.5 Å². The highest BCUT2D eigenvalue weighted by Gasteiger charge is 2.33. The van der Waals surface area contributed by atoms with Gasteiger partial charge in [0.2, 0.25) is 10.0 Å². The first-order chi connectivity index (χ1) is 16.0. The third kappa shape index (κ3) is 5.35. The van der Waals surface area contributed by atoms with E-state index >= 15 is 0 Å². The monoisotopic (exact) mass is 491 g/mol. The molecule has 0 amide bonds. The Bertz CT molecular complexity index is 1490. The summed E-state index contributed by atoms with van der Waals surface area (Å²) in [6.45, 7) is -0.0148. The minimum absolute atomic E-state index is 0.0120. The number of sulfonamides is 1. The summed E-state index contributed by atoms with van der Waals surface area (Å²) in [4.78, 5) is 11.5. The molecule has 0 aliphatic heterocycles. The molecule has 34 heavy (non-hydrogen) atoms. The molecule has 0 unspecified atom stereocenters. The number of nitrogens with one attached hydrogen (secondary N) is 1. The van der Waals surface area contributed by atoms with E-state index in [1.807, 2.05) is 0 Å². The average molecular weight is 491 g/mol. The molecule has 0 radical (unpaired) electrons. The van der Waals surface area contributed by atoms with Crippen LogP contribution in [0.2, 0.25) is 0 Å². The second-order valence-corrected chi connectivity index (χ2v) is 9.35. The molecule has 0 atom stereocenters. The second-order valence-electron chi connectivity index (χ2n) is 7.58. The average Bonchev–Trinajstić information content (AvgIpc) is 2.78. The molecule has 0 saturated heterocycles. The SMILES string of the molecule is O=c1cc(C(F)(F)F)c2cc(Cc3ccc(S(=O)(=O)NCc4ccc(F)cc4)cc3)ccc2o1. The van der Waals surface area contributed by atoms with Gasteiger partial charge in [0.15, 0.2) is 0 Å². The van der Waals surface area contributed by atoms with Gasteiger partial charge in [-0.25, -0.2) is 22.3 Å². The quantitative estimate of drug-likeness (QED) is 0.304. The van der Waals surface area contributed by atoms with Crippen molar-refractivity contribution < 1.29 is 30.4 Å². The van der Waals surface area contributed by atoms with Crippen LogP contribution in [0.25, 0.3) is 11.0 Å². The predicted octanol–water partition coefficient (Wildman–Crippen LogP) is 5.02. The van der Waals surface area contributed by atoms with Crippen molar-refractivity contribution >= 4 is 21.0 Å². The molecular weight excluding hydrogens is 474 g/mol. The summed E-state index contributed by atoms with van der Waals surface area (Å²) >= 11 is 0. The van der Waals surface area contributed by atoms with Crippen molar-refractivity contribution in [2.75, 3.05) is 0 Å². The van der Waals surface area contributed by atoms with Gasteiger partial charge >= 0.3 is 11.8 Å². The number of hydrogen-bond donors (Lipinski definition) is 1. The molecule has 0 bridgehead atoms. The maximum Gasteiger partial charge on any atom is 0.417 e. The lowest BCUT2D eigenvalue weighted by atomic mass is 10.0.